The van der Waals surface area contributed by atoms with Gasteiger partial charge in [0.25, 0.3) is 0 Å². The molecule has 0 bridgehead atoms. The summed E-state index contributed by atoms with van der Waals surface area (Å²) in [4.78, 5) is 2.22. The second-order valence-electron chi connectivity index (χ2n) is 8.63. The standard InChI is InChI=1S/C25H29N3O2/c1-25(2,29)13-14-27(3)17-21-18-28(16-19-9-5-4-6-10-19)26-24(21)23-15-20-11-7-8-12-22(20)30-23/h4-12,15,18,29H,13-14,16-17H2,1-3H3. The Hall–Kier alpha value is -2.89. The van der Waals surface area contributed by atoms with Crippen molar-refractivity contribution in [3.8, 4) is 11.5 Å². The minimum absolute atomic E-state index is 0.673. The zero-order valence-electron chi connectivity index (χ0n) is 17.9. The van der Waals surface area contributed by atoms with Gasteiger partial charge in [-0.3, -0.25) is 4.68 Å². The zero-order chi connectivity index (χ0) is 21.1. The summed E-state index contributed by atoms with van der Waals surface area (Å²) in [6.45, 7) is 5.93. The van der Waals surface area contributed by atoms with Gasteiger partial charge in [-0.2, -0.15) is 5.10 Å². The van der Waals surface area contributed by atoms with Crippen LogP contribution in [-0.4, -0.2) is 39.0 Å². The van der Waals surface area contributed by atoms with Crippen molar-refractivity contribution in [2.24, 2.45) is 0 Å². The lowest BCUT2D eigenvalue weighted by atomic mass is 10.1. The summed E-state index contributed by atoms with van der Waals surface area (Å²) >= 11 is 0. The van der Waals surface area contributed by atoms with Gasteiger partial charge in [-0.15, -0.1) is 0 Å². The molecule has 0 radical (unpaired) electrons. The average molecular weight is 404 g/mol. The van der Waals surface area contributed by atoms with Crippen molar-refractivity contribution in [3.63, 3.8) is 0 Å². The number of fused-ring (bicyclic) bond motifs is 1. The molecular formula is C25H29N3O2. The third-order valence-corrected chi connectivity index (χ3v) is 5.23. The Balaban J connectivity index is 1.63. The summed E-state index contributed by atoms with van der Waals surface area (Å²) < 4.78 is 8.10. The van der Waals surface area contributed by atoms with Crippen molar-refractivity contribution in [2.75, 3.05) is 13.6 Å². The highest BCUT2D eigenvalue weighted by molar-refractivity contribution is 5.82. The lowest BCUT2D eigenvalue weighted by Crippen LogP contribution is -2.28. The summed E-state index contributed by atoms with van der Waals surface area (Å²) in [5, 5.41) is 16.0. The molecule has 5 heteroatoms. The minimum Gasteiger partial charge on any atom is -0.454 e. The fraction of sp³-hybridized carbons (Fsp3) is 0.320. The SMILES string of the molecule is CN(CCC(C)(C)O)Cc1cn(Cc2ccccc2)nc1-c1cc2ccccc2o1. The molecule has 156 valence electrons. The first-order valence-corrected chi connectivity index (χ1v) is 10.4. The normalized spacial score (nSPS) is 12.2. The largest absolute Gasteiger partial charge is 0.454 e. The molecule has 5 nitrogen and oxygen atoms in total. The van der Waals surface area contributed by atoms with Gasteiger partial charge in [0.15, 0.2) is 5.76 Å². The number of aliphatic hydroxyl groups is 1. The molecule has 30 heavy (non-hydrogen) atoms. The van der Waals surface area contributed by atoms with Gasteiger partial charge >= 0.3 is 0 Å². The number of nitrogens with zero attached hydrogens (tertiary/aromatic N) is 3. The Kier molecular flexibility index (Phi) is 5.75. The van der Waals surface area contributed by atoms with Crippen LogP contribution in [0.2, 0.25) is 0 Å². The van der Waals surface area contributed by atoms with Crippen LogP contribution >= 0.6 is 0 Å². The molecule has 0 amide bonds. The number of aromatic nitrogens is 2. The number of hydrogen-bond donors (Lipinski definition) is 1. The third-order valence-electron chi connectivity index (χ3n) is 5.23. The molecule has 2 aromatic carbocycles. The molecule has 0 aliphatic carbocycles. The fourth-order valence-electron chi connectivity index (χ4n) is 3.57. The molecule has 1 N–H and O–H groups in total. The van der Waals surface area contributed by atoms with Gasteiger partial charge in [0.05, 0.1) is 12.1 Å². The Morgan fingerprint density at radius 2 is 1.80 bits per heavy atom. The van der Waals surface area contributed by atoms with E-state index in [4.69, 9.17) is 9.52 Å². The maximum absolute atomic E-state index is 10.1. The molecule has 4 aromatic rings. The van der Waals surface area contributed by atoms with Gasteiger partial charge in [0.2, 0.25) is 0 Å². The maximum atomic E-state index is 10.1. The predicted molar refractivity (Wildman–Crippen MR) is 120 cm³/mol. The summed E-state index contributed by atoms with van der Waals surface area (Å²) in [6.07, 6.45) is 2.82. The van der Waals surface area contributed by atoms with Crippen molar-refractivity contribution in [1.29, 1.82) is 0 Å². The van der Waals surface area contributed by atoms with Crippen LogP contribution < -0.4 is 0 Å². The first-order valence-electron chi connectivity index (χ1n) is 10.4. The van der Waals surface area contributed by atoms with Gasteiger partial charge < -0.3 is 14.4 Å². The van der Waals surface area contributed by atoms with Crippen molar-refractivity contribution in [1.82, 2.24) is 14.7 Å². The van der Waals surface area contributed by atoms with Gasteiger partial charge in [-0.05, 0) is 45.0 Å². The van der Waals surface area contributed by atoms with Gasteiger partial charge in [-0.1, -0.05) is 48.5 Å². The fourth-order valence-corrected chi connectivity index (χ4v) is 3.57. The third kappa shape index (κ3) is 4.99. The first kappa shape index (κ1) is 20.4. The highest BCUT2D eigenvalue weighted by Gasteiger charge is 2.19. The van der Waals surface area contributed by atoms with E-state index in [1.54, 1.807) is 0 Å². The highest BCUT2D eigenvalue weighted by atomic mass is 16.3. The van der Waals surface area contributed by atoms with Crippen LogP contribution in [-0.2, 0) is 13.1 Å². The van der Waals surface area contributed by atoms with Crippen LogP contribution in [0.15, 0.2) is 71.3 Å². The molecule has 0 fully saturated rings. The lowest BCUT2D eigenvalue weighted by molar-refractivity contribution is 0.0599. The Labute approximate surface area is 177 Å². The molecule has 0 aliphatic rings. The molecule has 4 rings (SSSR count). The van der Waals surface area contributed by atoms with E-state index >= 15 is 0 Å². The highest BCUT2D eigenvalue weighted by Crippen LogP contribution is 2.30. The van der Waals surface area contributed by atoms with Crippen molar-refractivity contribution in [2.45, 2.75) is 39.0 Å². The molecule has 0 saturated carbocycles. The van der Waals surface area contributed by atoms with E-state index in [-0.39, 0.29) is 0 Å². The van der Waals surface area contributed by atoms with Crippen molar-refractivity contribution < 1.29 is 9.52 Å². The first-order chi connectivity index (χ1) is 14.4. The van der Waals surface area contributed by atoms with Crippen molar-refractivity contribution >= 4 is 11.0 Å². The number of hydrogen-bond acceptors (Lipinski definition) is 4. The molecular weight excluding hydrogens is 374 g/mol. The van der Waals surface area contributed by atoms with Crippen LogP contribution in [0.25, 0.3) is 22.4 Å². The van der Waals surface area contributed by atoms with Crippen molar-refractivity contribution in [3.05, 3.63) is 78.0 Å². The Morgan fingerprint density at radius 3 is 2.53 bits per heavy atom. The van der Waals surface area contributed by atoms with E-state index in [1.807, 2.05) is 54.9 Å². The van der Waals surface area contributed by atoms with Crippen LogP contribution in [0, 0.1) is 0 Å². The second-order valence-corrected chi connectivity index (χ2v) is 8.63. The van der Waals surface area contributed by atoms with Crippen LogP contribution in [0.4, 0.5) is 0 Å². The number of furan rings is 1. The molecule has 2 heterocycles. The van der Waals surface area contributed by atoms with E-state index in [0.717, 1.165) is 41.1 Å². The second kappa shape index (κ2) is 8.46. The number of para-hydroxylation sites is 1. The Bertz CT molecular complexity index is 1070. The topological polar surface area (TPSA) is 54.4 Å². The lowest BCUT2D eigenvalue weighted by Gasteiger charge is -2.22. The Morgan fingerprint density at radius 1 is 1.07 bits per heavy atom. The number of rotatable bonds is 8. The monoisotopic (exact) mass is 403 g/mol. The summed E-state index contributed by atoms with van der Waals surface area (Å²) in [6, 6.07) is 20.4. The van der Waals surface area contributed by atoms with Gasteiger partial charge in [0, 0.05) is 30.2 Å². The minimum atomic E-state index is -0.673. The average Bonchev–Trinajstić information content (AvgIpc) is 3.30. The quantitative estimate of drug-likeness (QED) is 0.453. The molecule has 0 unspecified atom stereocenters. The zero-order valence-corrected chi connectivity index (χ0v) is 17.9. The molecule has 2 aromatic heterocycles. The van der Waals surface area contributed by atoms with E-state index in [1.165, 1.54) is 5.56 Å². The van der Waals surface area contributed by atoms with Gasteiger partial charge in [0.1, 0.15) is 11.3 Å². The van der Waals surface area contributed by atoms with E-state index in [0.29, 0.717) is 13.0 Å². The van der Waals surface area contributed by atoms with Gasteiger partial charge in [-0.25, -0.2) is 0 Å². The summed E-state index contributed by atoms with van der Waals surface area (Å²) in [5.41, 5.74) is 3.39. The van der Waals surface area contributed by atoms with Crippen LogP contribution in [0.1, 0.15) is 31.4 Å². The van der Waals surface area contributed by atoms with Crippen LogP contribution in [0.3, 0.4) is 0 Å². The predicted octanol–water partition coefficient (Wildman–Crippen LogP) is 4.94. The van der Waals surface area contributed by atoms with E-state index in [9.17, 15) is 5.11 Å². The molecule has 0 atom stereocenters. The summed E-state index contributed by atoms with van der Waals surface area (Å²) in [5.74, 6) is 0.786. The maximum Gasteiger partial charge on any atom is 0.156 e. The molecule has 0 spiro atoms. The number of benzene rings is 2. The summed E-state index contributed by atoms with van der Waals surface area (Å²) in [7, 11) is 2.07. The molecule has 0 aliphatic heterocycles. The van der Waals surface area contributed by atoms with E-state index < -0.39 is 5.60 Å². The van der Waals surface area contributed by atoms with Crippen LogP contribution in [0.5, 0.6) is 0 Å². The van der Waals surface area contributed by atoms with E-state index in [2.05, 4.69) is 42.4 Å². The smallest absolute Gasteiger partial charge is 0.156 e. The molecule has 0 saturated heterocycles.